The van der Waals surface area contributed by atoms with E-state index in [1.165, 1.54) is 95.8 Å². The number of rotatable bonds is 0. The van der Waals surface area contributed by atoms with Gasteiger partial charge in [0.15, 0.2) is 11.8 Å². The quantitative estimate of drug-likeness (QED) is 0.142. The lowest BCUT2D eigenvalue weighted by Gasteiger charge is -1.94. The van der Waals surface area contributed by atoms with Crippen molar-refractivity contribution in [2.45, 2.75) is 222 Å². The Labute approximate surface area is 528 Å². The van der Waals surface area contributed by atoms with Crippen molar-refractivity contribution in [3.05, 3.63) is 177 Å². The number of oxazole rings is 2. The van der Waals surface area contributed by atoms with Crippen molar-refractivity contribution >= 4 is 45.3 Å². The molecular weight excluding hydrogens is 1140 g/mol. The summed E-state index contributed by atoms with van der Waals surface area (Å²) < 4.78 is 21.8. The molecule has 0 spiro atoms. The Morgan fingerprint density at radius 1 is 0.235 bits per heavy atom. The van der Waals surface area contributed by atoms with Crippen molar-refractivity contribution in [1.82, 2.24) is 53.6 Å². The predicted octanol–water partition coefficient (Wildman–Crippen LogP) is 18.9. The molecule has 0 bridgehead atoms. The molecule has 0 N–H and O–H groups in total. The third kappa shape index (κ3) is 25.0. The van der Waals surface area contributed by atoms with Crippen LogP contribution < -0.4 is 0 Å². The van der Waals surface area contributed by atoms with Crippen molar-refractivity contribution in [1.29, 1.82) is 0 Å². The zero-order chi connectivity index (χ0) is 65.8. The molecule has 0 saturated heterocycles. The highest BCUT2D eigenvalue weighted by Gasteiger charge is 2.07. The fourth-order valence-electron chi connectivity index (χ4n) is 7.64. The van der Waals surface area contributed by atoms with E-state index in [-0.39, 0.29) is 0 Å². The molecular formula is C67H105N11O3S4. The lowest BCUT2D eigenvalue weighted by Crippen LogP contribution is -1.92. The monoisotopic (exact) mass is 1240 g/mol. The molecule has 0 amide bonds. The van der Waals surface area contributed by atoms with E-state index < -0.39 is 0 Å². The highest BCUT2D eigenvalue weighted by molar-refractivity contribution is 7.12. The number of hydrogen-bond donors (Lipinski definition) is 0. The van der Waals surface area contributed by atoms with Crippen LogP contribution in [0.3, 0.4) is 0 Å². The van der Waals surface area contributed by atoms with E-state index >= 15 is 0 Å². The molecule has 18 heteroatoms. The molecule has 0 aliphatic heterocycles. The van der Waals surface area contributed by atoms with Gasteiger partial charge in [0.1, 0.15) is 40.5 Å². The van der Waals surface area contributed by atoms with E-state index in [4.69, 9.17) is 13.3 Å². The van der Waals surface area contributed by atoms with Crippen LogP contribution in [0.5, 0.6) is 0 Å². The van der Waals surface area contributed by atoms with Crippen molar-refractivity contribution in [3.63, 3.8) is 0 Å². The van der Waals surface area contributed by atoms with Gasteiger partial charge in [0.25, 0.3) is 0 Å². The van der Waals surface area contributed by atoms with Gasteiger partial charge in [0.05, 0.1) is 60.6 Å². The fourth-order valence-corrected chi connectivity index (χ4v) is 11.2. The minimum absolute atomic E-state index is 0.750. The zero-order valence-electron chi connectivity index (χ0n) is 58.8. The lowest BCUT2D eigenvalue weighted by molar-refractivity contribution is 0.493. The molecule has 0 unspecified atom stereocenters. The Kier molecular flexibility index (Phi) is 32.2. The number of hydrogen-bond acceptors (Lipinski definition) is 15. The summed E-state index contributed by atoms with van der Waals surface area (Å²) in [5.41, 5.74) is 18.2. The molecule has 10 aromatic heterocycles. The van der Waals surface area contributed by atoms with Crippen LogP contribution in [-0.2, 0) is 21.1 Å². The first-order valence-corrected chi connectivity index (χ1v) is 31.9. The number of aryl methyl sites for hydroxylation is 25. The molecule has 10 rings (SSSR count). The van der Waals surface area contributed by atoms with Crippen molar-refractivity contribution in [2.24, 2.45) is 21.1 Å². The summed E-state index contributed by atoms with van der Waals surface area (Å²) in [6, 6.07) is 0. The van der Waals surface area contributed by atoms with E-state index in [2.05, 4.69) is 137 Å². The average Bonchev–Trinajstić information content (AvgIpc) is 4.49. The highest BCUT2D eigenvalue weighted by atomic mass is 32.1. The maximum Gasteiger partial charge on any atom is 0.191 e. The average molecular weight is 1240 g/mol. The van der Waals surface area contributed by atoms with Crippen molar-refractivity contribution in [3.8, 4) is 0 Å². The van der Waals surface area contributed by atoms with Gasteiger partial charge in [-0.3, -0.25) is 0 Å². The van der Waals surface area contributed by atoms with Gasteiger partial charge in [-0.2, -0.15) is 0 Å². The first-order valence-electron chi connectivity index (χ1n) is 28.6. The summed E-state index contributed by atoms with van der Waals surface area (Å²) in [7, 11) is 6.10. The number of furan rings is 1. The van der Waals surface area contributed by atoms with Crippen molar-refractivity contribution < 1.29 is 13.3 Å². The number of thiazole rings is 3. The number of imidazole rings is 3. The molecule has 0 fully saturated rings. The second-order valence-corrected chi connectivity index (χ2v) is 27.1. The van der Waals surface area contributed by atoms with Gasteiger partial charge in [-0.25, -0.2) is 39.9 Å². The normalized spacial score (nSPS) is 10.1. The van der Waals surface area contributed by atoms with Crippen LogP contribution in [0, 0.1) is 222 Å². The molecule has 14 nitrogen and oxygen atoms in total. The molecule has 85 heavy (non-hydrogen) atoms. The SMILES string of the molecule is Cc1nc(C)c(C)o1.Cc1nc(C)c(C)o1.Cc1nc(C)c(C)s1.Cc1nc(C)c(C)s1.Cc1nc(C)c(C)s1.Cc1nc(C)n(C)c1C.Cc1nc(C)n(C)c1C.Cc1nc(C)n(C)c1C.Cc1oc(C)c(C)c1C.Cc1sc(C)c(C)c1C. The van der Waals surface area contributed by atoms with Gasteiger partial charge >= 0.3 is 0 Å². The zero-order valence-corrected chi connectivity index (χ0v) is 62.0. The summed E-state index contributed by atoms with van der Waals surface area (Å²) in [5, 5.41) is 3.50. The van der Waals surface area contributed by atoms with Gasteiger partial charge in [0.2, 0.25) is 0 Å². The number of aromatic nitrogens is 11. The lowest BCUT2D eigenvalue weighted by atomic mass is 10.2. The number of nitrogens with zero attached hydrogens (tertiary/aromatic N) is 11. The van der Waals surface area contributed by atoms with Gasteiger partial charge in [-0.15, -0.1) is 45.3 Å². The maximum absolute atomic E-state index is 5.34. The molecule has 0 saturated carbocycles. The fraction of sp³-hybridized carbons (Fsp3) is 0.522. The Balaban J connectivity index is 0.000000472. The van der Waals surface area contributed by atoms with E-state index in [0.717, 1.165) is 80.8 Å². The van der Waals surface area contributed by atoms with Gasteiger partial charge < -0.3 is 27.0 Å². The summed E-state index contributed by atoms with van der Waals surface area (Å²) in [5.74, 6) is 8.69. The van der Waals surface area contributed by atoms with E-state index in [1.807, 2.05) is 171 Å². The molecule has 0 aromatic carbocycles. The Morgan fingerprint density at radius 3 is 0.541 bits per heavy atom. The predicted molar refractivity (Wildman–Crippen MR) is 364 cm³/mol. The standard InChI is InChI=1S/C8H12O.C8H12S.3C7H12N2.2C6H9NO.3C6H9NS/c2*1-5-6(2)8(4)9-7(5)3;3*1-5-6(2)9(4)7(3)8-5;5*1-4-5(2)8-6(3)7-4/h5*1-4H3;5*1-3H3. The second-order valence-electron chi connectivity index (χ2n) is 21.5. The minimum atomic E-state index is 0.750. The first-order chi connectivity index (χ1) is 39.1. The molecule has 10 heterocycles. The van der Waals surface area contributed by atoms with Gasteiger partial charge in [-0.05, 0) is 230 Å². The van der Waals surface area contributed by atoms with E-state index in [1.54, 1.807) is 34.0 Å². The number of thiophene rings is 1. The van der Waals surface area contributed by atoms with Crippen molar-refractivity contribution in [2.75, 3.05) is 0 Å². The summed E-state index contributed by atoms with van der Waals surface area (Å²) in [4.78, 5) is 40.5. The summed E-state index contributed by atoms with van der Waals surface area (Å²) >= 11 is 7.17. The van der Waals surface area contributed by atoms with E-state index in [9.17, 15) is 0 Å². The van der Waals surface area contributed by atoms with Gasteiger partial charge in [0, 0.05) is 76.5 Å². The Bertz CT molecular complexity index is 2890. The molecule has 0 aliphatic rings. The summed E-state index contributed by atoms with van der Waals surface area (Å²) in [6.45, 7) is 65.2. The molecule has 0 radical (unpaired) electrons. The van der Waals surface area contributed by atoms with Crippen LogP contribution >= 0.6 is 45.3 Å². The highest BCUT2D eigenvalue weighted by Crippen LogP contribution is 2.25. The maximum atomic E-state index is 5.34. The van der Waals surface area contributed by atoms with Crippen LogP contribution in [0.15, 0.2) is 13.3 Å². The molecule has 0 atom stereocenters. The van der Waals surface area contributed by atoms with Gasteiger partial charge in [-0.1, -0.05) is 0 Å². The second kappa shape index (κ2) is 35.5. The smallest absolute Gasteiger partial charge is 0.191 e. The largest absolute Gasteiger partial charge is 0.466 e. The Hall–Kier alpha value is -6.08. The Morgan fingerprint density at radius 2 is 0.482 bits per heavy atom. The molecule has 470 valence electrons. The van der Waals surface area contributed by atoms with Crippen LogP contribution in [0.2, 0.25) is 0 Å². The minimum Gasteiger partial charge on any atom is -0.466 e. The van der Waals surface area contributed by atoms with Crippen LogP contribution in [0.4, 0.5) is 0 Å². The van der Waals surface area contributed by atoms with Crippen LogP contribution in [0.1, 0.15) is 177 Å². The molecule has 0 aliphatic carbocycles. The summed E-state index contributed by atoms with van der Waals surface area (Å²) in [6.07, 6.45) is 0. The molecule has 10 aromatic rings. The van der Waals surface area contributed by atoms with Crippen LogP contribution in [0.25, 0.3) is 0 Å². The van der Waals surface area contributed by atoms with E-state index in [0.29, 0.717) is 0 Å². The van der Waals surface area contributed by atoms with Crippen LogP contribution in [-0.4, -0.2) is 53.6 Å². The first kappa shape index (κ1) is 76.9. The topological polar surface area (TPSA) is 157 Å². The third-order valence-corrected chi connectivity index (χ3v) is 19.2. The third-order valence-electron chi connectivity index (χ3n) is 15.1.